The van der Waals surface area contributed by atoms with Crippen LogP contribution in [-0.4, -0.2) is 44.6 Å². The first kappa shape index (κ1) is 16.4. The minimum atomic E-state index is -0.965. The zero-order valence-corrected chi connectivity index (χ0v) is 11.6. The van der Waals surface area contributed by atoms with Crippen molar-refractivity contribution in [3.63, 3.8) is 0 Å². The number of rotatable bonds is 10. The molecule has 20 heavy (non-hydrogen) atoms. The summed E-state index contributed by atoms with van der Waals surface area (Å²) in [5.74, 6) is -0.965. The van der Waals surface area contributed by atoms with Crippen molar-refractivity contribution in [2.24, 2.45) is 0 Å². The molecule has 0 amide bonds. The summed E-state index contributed by atoms with van der Waals surface area (Å²) in [6.07, 6.45) is 2.68. The van der Waals surface area contributed by atoms with Crippen LogP contribution in [0, 0.1) is 0 Å². The Balaban J connectivity index is 2.34. The topological polar surface area (TPSA) is 65.0 Å². The van der Waals surface area contributed by atoms with Crippen LogP contribution in [-0.2, 0) is 25.6 Å². The second-order valence-corrected chi connectivity index (χ2v) is 4.03. The summed E-state index contributed by atoms with van der Waals surface area (Å²) in [5.41, 5.74) is 1.79. The number of carboxylic acids is 1. The number of hydrogen-bond donors (Lipinski definition) is 1. The summed E-state index contributed by atoms with van der Waals surface area (Å²) in [6, 6.07) is 7.52. The SMILES string of the molecule is COCCOCCOCc1ccccc1/C=C/C(=O)O. The van der Waals surface area contributed by atoms with E-state index in [9.17, 15) is 4.79 Å². The second kappa shape index (κ2) is 10.1. The maximum absolute atomic E-state index is 10.5. The fraction of sp³-hybridized carbons (Fsp3) is 0.400. The molecule has 0 bridgehead atoms. The standard InChI is InChI=1S/C15H20O5/c1-18-8-9-19-10-11-20-12-14-5-3-2-4-13(14)6-7-15(16)17/h2-7H,8-12H2,1H3,(H,16,17)/b7-6+. The predicted octanol–water partition coefficient (Wildman–Crippen LogP) is 1.96. The Morgan fingerprint density at radius 1 is 1.15 bits per heavy atom. The number of hydrogen-bond acceptors (Lipinski definition) is 4. The summed E-state index contributed by atoms with van der Waals surface area (Å²) in [5, 5.41) is 8.64. The molecule has 0 radical (unpaired) electrons. The average Bonchev–Trinajstić information content (AvgIpc) is 2.45. The third-order valence-electron chi connectivity index (χ3n) is 2.52. The molecule has 1 N–H and O–H groups in total. The van der Waals surface area contributed by atoms with Gasteiger partial charge in [-0.2, -0.15) is 0 Å². The van der Waals surface area contributed by atoms with Gasteiger partial charge in [0.2, 0.25) is 0 Å². The van der Waals surface area contributed by atoms with Crippen molar-refractivity contribution >= 4 is 12.0 Å². The lowest BCUT2D eigenvalue weighted by Gasteiger charge is -2.08. The van der Waals surface area contributed by atoms with Gasteiger partial charge in [-0.3, -0.25) is 0 Å². The molecule has 0 aromatic heterocycles. The Kier molecular flexibility index (Phi) is 8.30. The number of carbonyl (C=O) groups is 1. The van der Waals surface area contributed by atoms with E-state index < -0.39 is 5.97 Å². The molecule has 0 fully saturated rings. The number of aliphatic carboxylic acids is 1. The van der Waals surface area contributed by atoms with Crippen molar-refractivity contribution < 1.29 is 24.1 Å². The van der Waals surface area contributed by atoms with Gasteiger partial charge in [-0.25, -0.2) is 4.79 Å². The van der Waals surface area contributed by atoms with Gasteiger partial charge in [0, 0.05) is 13.2 Å². The second-order valence-electron chi connectivity index (χ2n) is 4.03. The Bertz CT molecular complexity index is 428. The normalized spacial score (nSPS) is 11.1. The fourth-order valence-corrected chi connectivity index (χ4v) is 1.53. The number of benzene rings is 1. The van der Waals surface area contributed by atoms with Gasteiger partial charge in [0.25, 0.3) is 0 Å². The number of methoxy groups -OCH3 is 1. The zero-order chi connectivity index (χ0) is 14.6. The van der Waals surface area contributed by atoms with Crippen LogP contribution < -0.4 is 0 Å². The minimum absolute atomic E-state index is 0.424. The molecule has 1 rings (SSSR count). The molecule has 0 heterocycles. The van der Waals surface area contributed by atoms with E-state index in [2.05, 4.69) is 0 Å². The highest BCUT2D eigenvalue weighted by atomic mass is 16.5. The highest BCUT2D eigenvalue weighted by Crippen LogP contribution is 2.12. The van der Waals surface area contributed by atoms with Gasteiger partial charge in [-0.15, -0.1) is 0 Å². The van der Waals surface area contributed by atoms with Gasteiger partial charge < -0.3 is 19.3 Å². The smallest absolute Gasteiger partial charge is 0.328 e. The van der Waals surface area contributed by atoms with Gasteiger partial charge in [-0.05, 0) is 17.2 Å². The molecule has 0 aliphatic carbocycles. The van der Waals surface area contributed by atoms with Crippen LogP contribution in [0.25, 0.3) is 6.08 Å². The molecule has 1 aromatic carbocycles. The van der Waals surface area contributed by atoms with Gasteiger partial charge in [0.1, 0.15) is 0 Å². The summed E-state index contributed by atoms with van der Waals surface area (Å²) < 4.78 is 15.6. The monoisotopic (exact) mass is 280 g/mol. The first-order valence-electron chi connectivity index (χ1n) is 6.37. The molecule has 0 saturated heterocycles. The number of carboxylic acid groups (broad SMARTS) is 1. The summed E-state index contributed by atoms with van der Waals surface area (Å²) in [4.78, 5) is 10.5. The molecule has 5 heteroatoms. The summed E-state index contributed by atoms with van der Waals surface area (Å²) >= 11 is 0. The fourth-order valence-electron chi connectivity index (χ4n) is 1.53. The lowest BCUT2D eigenvalue weighted by atomic mass is 10.1. The highest BCUT2D eigenvalue weighted by Gasteiger charge is 2.00. The van der Waals surface area contributed by atoms with Crippen molar-refractivity contribution in [2.45, 2.75) is 6.61 Å². The Labute approximate surface area is 118 Å². The molecule has 0 unspecified atom stereocenters. The van der Waals surface area contributed by atoms with Crippen molar-refractivity contribution in [1.82, 2.24) is 0 Å². The number of ether oxygens (including phenoxy) is 3. The molecule has 0 saturated carbocycles. The quantitative estimate of drug-likeness (QED) is 0.524. The molecular formula is C15H20O5. The largest absolute Gasteiger partial charge is 0.478 e. The molecule has 0 aliphatic rings. The third kappa shape index (κ3) is 7.04. The summed E-state index contributed by atoms with van der Waals surface area (Å²) in [7, 11) is 1.63. The average molecular weight is 280 g/mol. The molecule has 110 valence electrons. The minimum Gasteiger partial charge on any atom is -0.478 e. The van der Waals surface area contributed by atoms with Gasteiger partial charge in [-0.1, -0.05) is 24.3 Å². The van der Waals surface area contributed by atoms with Crippen LogP contribution >= 0.6 is 0 Å². The molecule has 5 nitrogen and oxygen atoms in total. The van der Waals surface area contributed by atoms with Crippen molar-refractivity contribution in [3.05, 3.63) is 41.5 Å². The van der Waals surface area contributed by atoms with E-state index >= 15 is 0 Å². The molecule has 0 aliphatic heterocycles. The van der Waals surface area contributed by atoms with Gasteiger partial charge in [0.05, 0.1) is 33.0 Å². The zero-order valence-electron chi connectivity index (χ0n) is 11.6. The van der Waals surface area contributed by atoms with Crippen LogP contribution in [0.4, 0.5) is 0 Å². The third-order valence-corrected chi connectivity index (χ3v) is 2.52. The maximum atomic E-state index is 10.5. The van der Waals surface area contributed by atoms with E-state index in [1.807, 2.05) is 24.3 Å². The molecular weight excluding hydrogens is 260 g/mol. The summed E-state index contributed by atoms with van der Waals surface area (Å²) in [6.45, 7) is 2.55. The van der Waals surface area contributed by atoms with E-state index in [1.165, 1.54) is 0 Å². The Hall–Kier alpha value is -1.69. The van der Waals surface area contributed by atoms with Crippen molar-refractivity contribution in [3.8, 4) is 0 Å². The lowest BCUT2D eigenvalue weighted by Crippen LogP contribution is -2.08. The molecule has 1 aromatic rings. The van der Waals surface area contributed by atoms with E-state index in [0.29, 0.717) is 33.0 Å². The Morgan fingerprint density at radius 2 is 1.85 bits per heavy atom. The first-order chi connectivity index (χ1) is 9.74. The van der Waals surface area contributed by atoms with Crippen LogP contribution in [0.1, 0.15) is 11.1 Å². The van der Waals surface area contributed by atoms with E-state index in [4.69, 9.17) is 19.3 Å². The van der Waals surface area contributed by atoms with E-state index in [0.717, 1.165) is 17.2 Å². The van der Waals surface area contributed by atoms with Crippen LogP contribution in [0.2, 0.25) is 0 Å². The van der Waals surface area contributed by atoms with Crippen LogP contribution in [0.5, 0.6) is 0 Å². The van der Waals surface area contributed by atoms with Gasteiger partial charge >= 0.3 is 5.97 Å². The van der Waals surface area contributed by atoms with Crippen LogP contribution in [0.3, 0.4) is 0 Å². The lowest BCUT2D eigenvalue weighted by molar-refractivity contribution is -0.131. The van der Waals surface area contributed by atoms with Crippen molar-refractivity contribution in [1.29, 1.82) is 0 Å². The predicted molar refractivity (Wildman–Crippen MR) is 75.5 cm³/mol. The molecule has 0 atom stereocenters. The highest BCUT2D eigenvalue weighted by molar-refractivity contribution is 5.85. The van der Waals surface area contributed by atoms with Crippen LogP contribution in [0.15, 0.2) is 30.3 Å². The maximum Gasteiger partial charge on any atom is 0.328 e. The first-order valence-corrected chi connectivity index (χ1v) is 6.37. The van der Waals surface area contributed by atoms with E-state index in [-0.39, 0.29) is 0 Å². The Morgan fingerprint density at radius 3 is 2.60 bits per heavy atom. The van der Waals surface area contributed by atoms with Gasteiger partial charge in [0.15, 0.2) is 0 Å². The molecule has 0 spiro atoms. The van der Waals surface area contributed by atoms with E-state index in [1.54, 1.807) is 13.2 Å². The van der Waals surface area contributed by atoms with Crippen molar-refractivity contribution in [2.75, 3.05) is 33.5 Å².